The first kappa shape index (κ1) is 37.2. The maximum Gasteiger partial charge on any atom is 0.305 e. The van der Waals surface area contributed by atoms with E-state index in [9.17, 15) is 9.59 Å². The molecule has 0 unspecified atom stereocenters. The molecule has 8 nitrogen and oxygen atoms in total. The van der Waals surface area contributed by atoms with Crippen LogP contribution < -0.4 is 5.32 Å². The molecule has 9 heteroatoms. The molecule has 7 aromatic rings. The molecule has 7 rings (SSSR count). The number of pyridine rings is 4. The first-order valence-corrected chi connectivity index (χ1v) is 15.9. The maximum atomic E-state index is 12.2. The Kier molecular flexibility index (Phi) is 14.9. The Balaban J connectivity index is 0.000000187. The molecular formula is C41H35IrN5O3-2. The van der Waals surface area contributed by atoms with Crippen molar-refractivity contribution in [3.05, 3.63) is 152 Å². The Labute approximate surface area is 305 Å². The third kappa shape index (κ3) is 11.0. The standard InChI is InChI=1S/C19H19N3O3.2C11H8N.Ir/c1-25-17(24)9-3-2-8-16(23)22-15-12-13-6-4-10-20-18(13)19-14(15)7-5-11-21-19;2*1-2-6-10(7-3-1)11-8-4-5-9-12-11;/h4-7,10-12H,2-3,8-9H2,1H3,(H,22,23);2*1-6,8-9H;/q;2*-1;. The fourth-order valence-corrected chi connectivity index (χ4v) is 4.90. The molecule has 1 N–H and O–H groups in total. The third-order valence-electron chi connectivity index (χ3n) is 7.30. The molecule has 0 atom stereocenters. The summed E-state index contributed by atoms with van der Waals surface area (Å²) in [6.07, 6.45) is 8.97. The summed E-state index contributed by atoms with van der Waals surface area (Å²) in [7, 11) is 1.36. The van der Waals surface area contributed by atoms with Gasteiger partial charge in [-0.15, -0.1) is 71.8 Å². The number of unbranched alkanes of at least 4 members (excludes halogenated alkanes) is 1. The van der Waals surface area contributed by atoms with Crippen LogP contribution in [0.2, 0.25) is 0 Å². The number of anilines is 1. The van der Waals surface area contributed by atoms with Crippen LogP contribution in [0.25, 0.3) is 44.3 Å². The molecule has 0 saturated carbocycles. The van der Waals surface area contributed by atoms with Crippen LogP contribution >= 0.6 is 0 Å². The molecular weight excluding hydrogens is 803 g/mol. The third-order valence-corrected chi connectivity index (χ3v) is 7.30. The number of nitrogens with zero attached hydrogens (tertiary/aromatic N) is 4. The summed E-state index contributed by atoms with van der Waals surface area (Å²) < 4.78 is 4.59. The first-order valence-electron chi connectivity index (χ1n) is 15.9. The predicted molar refractivity (Wildman–Crippen MR) is 193 cm³/mol. The van der Waals surface area contributed by atoms with Crippen LogP contribution in [0.1, 0.15) is 25.7 Å². The van der Waals surface area contributed by atoms with Gasteiger partial charge >= 0.3 is 5.97 Å². The molecule has 1 amide bonds. The molecule has 0 aliphatic rings. The zero-order valence-corrected chi connectivity index (χ0v) is 29.8. The number of esters is 1. The summed E-state index contributed by atoms with van der Waals surface area (Å²) in [6, 6.07) is 43.1. The molecule has 1 radical (unpaired) electrons. The molecule has 4 heterocycles. The smallest absolute Gasteiger partial charge is 0.305 e. The molecule has 0 bridgehead atoms. The summed E-state index contributed by atoms with van der Waals surface area (Å²) in [4.78, 5) is 40.6. The van der Waals surface area contributed by atoms with Crippen molar-refractivity contribution in [1.82, 2.24) is 19.9 Å². The summed E-state index contributed by atoms with van der Waals surface area (Å²) in [6.45, 7) is 0. The predicted octanol–water partition coefficient (Wildman–Crippen LogP) is 8.55. The summed E-state index contributed by atoms with van der Waals surface area (Å²) in [5.41, 5.74) is 6.32. The van der Waals surface area contributed by atoms with Crippen LogP contribution in [-0.2, 0) is 34.4 Å². The van der Waals surface area contributed by atoms with Gasteiger partial charge in [0.25, 0.3) is 0 Å². The number of benzene rings is 3. The van der Waals surface area contributed by atoms with Crippen molar-refractivity contribution in [1.29, 1.82) is 0 Å². The number of hydrogen-bond acceptors (Lipinski definition) is 7. The van der Waals surface area contributed by atoms with Crippen LogP contribution in [0.15, 0.2) is 140 Å². The van der Waals surface area contributed by atoms with Gasteiger partial charge in [-0.1, -0.05) is 30.3 Å². The molecule has 0 saturated heterocycles. The van der Waals surface area contributed by atoms with E-state index in [-0.39, 0.29) is 32.0 Å². The van der Waals surface area contributed by atoms with Crippen LogP contribution in [0.3, 0.4) is 0 Å². The van der Waals surface area contributed by atoms with Gasteiger partial charge in [-0.05, 0) is 60.6 Å². The van der Waals surface area contributed by atoms with Gasteiger partial charge in [0.1, 0.15) is 0 Å². The van der Waals surface area contributed by atoms with E-state index < -0.39 is 0 Å². The van der Waals surface area contributed by atoms with E-state index in [1.807, 2.05) is 115 Å². The SMILES string of the molecule is COC(=O)CCCCC(=O)Nc1cc2cccnc2c2ncccc12.[Ir].[c-]1ccccc1-c1ccccn1.[c-]1ccccc1-c1ccccn1. The molecule has 0 aliphatic heterocycles. The van der Waals surface area contributed by atoms with Gasteiger partial charge in [0.05, 0.1) is 23.8 Å². The number of rotatable bonds is 8. The van der Waals surface area contributed by atoms with Crippen molar-refractivity contribution in [2.75, 3.05) is 12.4 Å². The number of carbonyl (C=O) groups excluding carboxylic acids is 2. The number of nitrogens with one attached hydrogen (secondary N) is 1. The minimum Gasteiger partial charge on any atom is -0.469 e. The maximum absolute atomic E-state index is 12.2. The number of ether oxygens (including phenoxy) is 1. The summed E-state index contributed by atoms with van der Waals surface area (Å²) in [5, 5.41) is 4.74. The number of carbonyl (C=O) groups is 2. The monoisotopic (exact) mass is 838 g/mol. The van der Waals surface area contributed by atoms with Crippen molar-refractivity contribution in [3.63, 3.8) is 0 Å². The van der Waals surface area contributed by atoms with Gasteiger partial charge in [0.2, 0.25) is 5.91 Å². The Morgan fingerprint density at radius 1 is 0.640 bits per heavy atom. The number of methoxy groups -OCH3 is 1. The Morgan fingerprint density at radius 2 is 1.20 bits per heavy atom. The fraction of sp³-hybridized carbons (Fsp3) is 0.122. The van der Waals surface area contributed by atoms with Crippen LogP contribution in [0.5, 0.6) is 0 Å². The van der Waals surface area contributed by atoms with Crippen LogP contribution in [0, 0.1) is 12.1 Å². The molecule has 253 valence electrons. The van der Waals surface area contributed by atoms with E-state index in [0.717, 1.165) is 50.0 Å². The van der Waals surface area contributed by atoms with E-state index >= 15 is 0 Å². The van der Waals surface area contributed by atoms with Gasteiger partial charge in [-0.2, -0.15) is 0 Å². The molecule has 50 heavy (non-hydrogen) atoms. The van der Waals surface area contributed by atoms with Gasteiger partial charge in [0, 0.05) is 68.5 Å². The second-order valence-corrected chi connectivity index (χ2v) is 10.7. The van der Waals surface area contributed by atoms with Crippen LogP contribution in [-0.4, -0.2) is 38.9 Å². The average Bonchev–Trinajstić information content (AvgIpc) is 3.18. The molecule has 4 aromatic heterocycles. The Bertz CT molecular complexity index is 1920. The van der Waals surface area contributed by atoms with Gasteiger partial charge < -0.3 is 20.0 Å². The topological polar surface area (TPSA) is 107 Å². The zero-order valence-electron chi connectivity index (χ0n) is 27.5. The molecule has 0 fully saturated rings. The van der Waals surface area contributed by atoms with Crippen molar-refractivity contribution < 1.29 is 34.4 Å². The molecule has 3 aromatic carbocycles. The number of amides is 1. The Morgan fingerprint density at radius 3 is 1.76 bits per heavy atom. The average molecular weight is 838 g/mol. The summed E-state index contributed by atoms with van der Waals surface area (Å²) in [5.74, 6) is -0.335. The zero-order chi connectivity index (χ0) is 34.1. The van der Waals surface area contributed by atoms with E-state index in [2.05, 4.69) is 42.1 Å². The van der Waals surface area contributed by atoms with Crippen molar-refractivity contribution in [2.24, 2.45) is 0 Å². The van der Waals surface area contributed by atoms with E-state index in [4.69, 9.17) is 0 Å². The quantitative estimate of drug-likeness (QED) is 0.0708. The van der Waals surface area contributed by atoms with E-state index in [0.29, 0.717) is 25.7 Å². The first-order chi connectivity index (χ1) is 24.1. The number of fused-ring (bicyclic) bond motifs is 3. The van der Waals surface area contributed by atoms with Crippen molar-refractivity contribution >= 4 is 39.4 Å². The van der Waals surface area contributed by atoms with Gasteiger partial charge in [-0.3, -0.25) is 19.6 Å². The molecule has 0 aliphatic carbocycles. The van der Waals surface area contributed by atoms with Crippen LogP contribution in [0.4, 0.5) is 5.69 Å². The largest absolute Gasteiger partial charge is 0.469 e. The Hall–Kier alpha value is -5.63. The minimum atomic E-state index is -0.250. The number of hydrogen-bond donors (Lipinski definition) is 1. The number of aromatic nitrogens is 4. The minimum absolute atomic E-state index is 0. The van der Waals surface area contributed by atoms with Crippen molar-refractivity contribution in [2.45, 2.75) is 25.7 Å². The fourth-order valence-electron chi connectivity index (χ4n) is 4.90. The second-order valence-electron chi connectivity index (χ2n) is 10.7. The second kappa shape index (κ2) is 20.0. The van der Waals surface area contributed by atoms with Gasteiger partial charge in [-0.25, -0.2) is 0 Å². The molecule has 0 spiro atoms. The van der Waals surface area contributed by atoms with Gasteiger partial charge in [0.15, 0.2) is 0 Å². The normalized spacial score (nSPS) is 10.0. The summed E-state index contributed by atoms with van der Waals surface area (Å²) >= 11 is 0. The van der Waals surface area contributed by atoms with E-state index in [1.165, 1.54) is 7.11 Å². The van der Waals surface area contributed by atoms with E-state index in [1.54, 1.807) is 24.8 Å². The van der Waals surface area contributed by atoms with Crippen molar-refractivity contribution in [3.8, 4) is 22.5 Å².